The summed E-state index contributed by atoms with van der Waals surface area (Å²) in [6.45, 7) is 5.20. The van der Waals surface area contributed by atoms with Gasteiger partial charge in [0, 0.05) is 56.0 Å². The topological polar surface area (TPSA) is 400 Å². The Hall–Kier alpha value is -7.00. The number of amides is 4. The minimum atomic E-state index is -4.54. The summed E-state index contributed by atoms with van der Waals surface area (Å²) < 4.78 is 38.1. The van der Waals surface area contributed by atoms with Crippen LogP contribution in [0.1, 0.15) is 60.8 Å². The third-order valence-electron chi connectivity index (χ3n) is 11.1. The number of nitrogens with zero attached hydrogens (tertiary/aromatic N) is 3. The van der Waals surface area contributed by atoms with Crippen LogP contribution in [0.3, 0.4) is 0 Å². The van der Waals surface area contributed by atoms with Crippen LogP contribution in [-0.4, -0.2) is 144 Å². The number of anilines is 1. The molecule has 2 heterocycles. The summed E-state index contributed by atoms with van der Waals surface area (Å²) in [7, 11) is -3.42. The predicted octanol–water partition coefficient (Wildman–Crippen LogP) is -1.49. The van der Waals surface area contributed by atoms with Crippen molar-refractivity contribution < 1.29 is 62.3 Å². The maximum absolute atomic E-state index is 14.8. The van der Waals surface area contributed by atoms with Gasteiger partial charge in [0.1, 0.15) is 61.2 Å². The number of aromatic nitrogens is 2. The minimum absolute atomic E-state index is 0.00488. The van der Waals surface area contributed by atoms with Gasteiger partial charge in [0.15, 0.2) is 17.3 Å². The first-order valence-corrected chi connectivity index (χ1v) is 23.3. The van der Waals surface area contributed by atoms with Crippen LogP contribution < -0.4 is 52.5 Å². The van der Waals surface area contributed by atoms with E-state index >= 15 is 0 Å². The van der Waals surface area contributed by atoms with E-state index in [9.17, 15) is 52.8 Å². The molecule has 378 valence electrons. The van der Waals surface area contributed by atoms with Crippen molar-refractivity contribution in [3.63, 3.8) is 0 Å². The van der Waals surface area contributed by atoms with E-state index in [0.29, 0.717) is 11.1 Å². The summed E-state index contributed by atoms with van der Waals surface area (Å²) in [5.74, 6) is -6.75. The molecule has 1 aliphatic heterocycles. The summed E-state index contributed by atoms with van der Waals surface area (Å²) in [6, 6.07) is 7.37. The van der Waals surface area contributed by atoms with E-state index in [4.69, 9.17) is 31.8 Å². The minimum Gasteiger partial charge on any atom is -0.504 e. The summed E-state index contributed by atoms with van der Waals surface area (Å²) in [5.41, 5.74) is 18.7. The molecular weight excluding hydrogens is 935 g/mol. The number of nitrogens with two attached hydrogens (primary N) is 4. The SMILES string of the molecule is C[C@@H]1NC(=O)[C@@H](N(C)C(=O)[C@H](CNS(N)(=O)=O)NC(=O)c2cnc(-c3ccc(C(C)(C)C)cc3)nc2N)c2cc(OC[C@H](O)CN)c(O)c(c2)-c2cc(ccc2OC[C@H](O)CN)C[C@@H](C(=O)O)NC1=O. The van der Waals surface area contributed by atoms with Crippen LogP contribution in [-0.2, 0) is 41.2 Å². The molecule has 5 rings (SSSR count). The summed E-state index contributed by atoms with van der Waals surface area (Å²) in [4.78, 5) is 78.7. The monoisotopic (exact) mass is 993 g/mol. The molecule has 24 nitrogen and oxygen atoms in total. The number of hydrogen-bond acceptors (Lipinski definition) is 17. The van der Waals surface area contributed by atoms with Crippen molar-refractivity contribution in [2.75, 3.05) is 45.6 Å². The van der Waals surface area contributed by atoms with Crippen LogP contribution in [0.15, 0.2) is 60.8 Å². The zero-order valence-electron chi connectivity index (χ0n) is 39.0. The maximum atomic E-state index is 14.8. The number of likely N-dealkylation sites (N-methyl/N-ethyl adjacent to an activating group) is 1. The van der Waals surface area contributed by atoms with E-state index in [1.807, 2.05) is 37.6 Å². The van der Waals surface area contributed by atoms with Crippen LogP contribution in [0.25, 0.3) is 22.5 Å². The van der Waals surface area contributed by atoms with Gasteiger partial charge in [-0.05, 0) is 53.3 Å². The van der Waals surface area contributed by atoms with Crippen LogP contribution >= 0.6 is 0 Å². The molecule has 0 saturated carbocycles. The van der Waals surface area contributed by atoms with Gasteiger partial charge in [-0.25, -0.2) is 19.9 Å². The van der Waals surface area contributed by atoms with Crippen molar-refractivity contribution in [2.24, 2.45) is 16.6 Å². The van der Waals surface area contributed by atoms with Crippen LogP contribution in [0.5, 0.6) is 17.2 Å². The standard InChI is InChI=1S/C45H59N11O13S/c1-22-40(60)53-32(44(64)65)13-23-6-11-34(68-20-27(57)16-46)29(12-23)30-14-25(15-35(37(30)59)69-21-28(58)17-47)36(42(62)52-22)56(5)43(63)33(19-51-70(49,66)67)54-41(61)31-18-50-39(55-38(31)48)24-7-9-26(10-8-24)45(2,3)4/h6-12,14-15,18,22,27-28,32-33,36,51,57-59H,13,16-17,19-21,46-47H2,1-5H3,(H,52,62)(H,53,60)(H,54,61)(H,64,65)(H2,48,50,55)(H2,49,66,67)/t22-,27+,28+,32-,33-,36-/m0/s1. The lowest BCUT2D eigenvalue weighted by atomic mass is 9.87. The van der Waals surface area contributed by atoms with E-state index in [-0.39, 0.29) is 76.9 Å². The second-order valence-electron chi connectivity index (χ2n) is 17.6. The number of aliphatic hydroxyl groups excluding tert-OH is 2. The van der Waals surface area contributed by atoms with Gasteiger partial charge < -0.3 is 68.0 Å². The second kappa shape index (κ2) is 22.6. The highest BCUT2D eigenvalue weighted by atomic mass is 32.2. The van der Waals surface area contributed by atoms with Gasteiger partial charge >= 0.3 is 5.97 Å². The Kier molecular flexibility index (Phi) is 17.4. The molecule has 0 fully saturated rings. The molecule has 4 bridgehead atoms. The third-order valence-corrected chi connectivity index (χ3v) is 11.7. The molecule has 0 radical (unpaired) electrons. The molecule has 4 aromatic rings. The molecule has 0 saturated heterocycles. The molecule has 3 aromatic carbocycles. The molecule has 0 aliphatic carbocycles. The number of carbonyl (C=O) groups excluding carboxylic acids is 4. The number of nitrogen functional groups attached to an aromatic ring is 1. The van der Waals surface area contributed by atoms with Gasteiger partial charge in [-0.1, -0.05) is 51.1 Å². The highest BCUT2D eigenvalue weighted by Gasteiger charge is 2.37. The van der Waals surface area contributed by atoms with Crippen molar-refractivity contribution in [2.45, 2.75) is 75.9 Å². The number of aliphatic carboxylic acids is 1. The molecular formula is C45H59N11O13S. The second-order valence-corrected chi connectivity index (χ2v) is 19.0. The number of phenols is 1. The number of carboxylic acids is 1. The third kappa shape index (κ3) is 13.6. The molecule has 70 heavy (non-hydrogen) atoms. The van der Waals surface area contributed by atoms with Gasteiger partial charge in [0.05, 0.1) is 5.56 Å². The van der Waals surface area contributed by atoms with E-state index < -0.39 is 95.1 Å². The fraction of sp³-hybridized carbons (Fsp3) is 0.400. The maximum Gasteiger partial charge on any atom is 0.326 e. The number of carbonyl (C=O) groups is 5. The number of fused-ring (bicyclic) bond motifs is 5. The fourth-order valence-corrected chi connectivity index (χ4v) is 7.53. The number of carboxylic acid groups (broad SMARTS) is 1. The van der Waals surface area contributed by atoms with E-state index in [1.165, 1.54) is 31.2 Å². The summed E-state index contributed by atoms with van der Waals surface area (Å²) >= 11 is 0. The molecule has 1 aliphatic rings. The molecule has 1 aromatic heterocycles. The highest BCUT2D eigenvalue weighted by molar-refractivity contribution is 7.87. The van der Waals surface area contributed by atoms with Crippen molar-refractivity contribution in [3.05, 3.63) is 83.0 Å². The lowest BCUT2D eigenvalue weighted by Crippen LogP contribution is -2.57. The van der Waals surface area contributed by atoms with E-state index in [1.54, 1.807) is 12.1 Å². The zero-order chi connectivity index (χ0) is 51.8. The predicted molar refractivity (Wildman–Crippen MR) is 254 cm³/mol. The number of aliphatic hydroxyl groups is 2. The van der Waals surface area contributed by atoms with Crippen molar-refractivity contribution in [1.82, 2.24) is 35.5 Å². The first-order chi connectivity index (χ1) is 32.8. The van der Waals surface area contributed by atoms with Crippen LogP contribution in [0.4, 0.5) is 5.82 Å². The van der Waals surface area contributed by atoms with E-state index in [2.05, 4.69) is 25.9 Å². The first-order valence-electron chi connectivity index (χ1n) is 21.8. The number of phenolic OH excluding ortho intramolecular Hbond substituents is 1. The van der Waals surface area contributed by atoms with Gasteiger partial charge in [-0.2, -0.15) is 13.1 Å². The van der Waals surface area contributed by atoms with Crippen LogP contribution in [0, 0.1) is 0 Å². The molecule has 16 N–H and O–H groups in total. The fourth-order valence-electron chi connectivity index (χ4n) is 7.13. The number of benzene rings is 3. The smallest absolute Gasteiger partial charge is 0.326 e. The Bertz CT molecular complexity index is 2700. The van der Waals surface area contributed by atoms with Crippen molar-refractivity contribution in [3.8, 4) is 39.8 Å². The summed E-state index contributed by atoms with van der Waals surface area (Å²) in [6.07, 6.45) is -1.60. The Morgan fingerprint density at radius 3 is 2.13 bits per heavy atom. The van der Waals surface area contributed by atoms with Gasteiger partial charge in [0.25, 0.3) is 16.1 Å². The normalized spacial score (nSPS) is 17.7. The van der Waals surface area contributed by atoms with Crippen molar-refractivity contribution >= 4 is 45.6 Å². The highest BCUT2D eigenvalue weighted by Crippen LogP contribution is 2.45. The van der Waals surface area contributed by atoms with Crippen molar-refractivity contribution in [1.29, 1.82) is 0 Å². The first kappa shape index (κ1) is 53.9. The van der Waals surface area contributed by atoms with Gasteiger partial charge in [0.2, 0.25) is 17.7 Å². The Morgan fingerprint density at radius 2 is 1.56 bits per heavy atom. The van der Waals surface area contributed by atoms with Gasteiger partial charge in [-0.15, -0.1) is 0 Å². The number of ether oxygens (including phenoxy) is 2. The molecule has 25 heteroatoms. The Balaban J connectivity index is 1.65. The zero-order valence-corrected chi connectivity index (χ0v) is 39.8. The average molecular weight is 994 g/mol. The largest absolute Gasteiger partial charge is 0.504 e. The quantitative estimate of drug-likeness (QED) is 0.0573. The van der Waals surface area contributed by atoms with Gasteiger partial charge in [-0.3, -0.25) is 19.2 Å². The number of nitrogens with one attached hydrogen (secondary N) is 4. The lowest BCUT2D eigenvalue weighted by Gasteiger charge is -2.33. The Morgan fingerprint density at radius 1 is 0.929 bits per heavy atom. The molecule has 4 amide bonds. The summed E-state index contributed by atoms with van der Waals surface area (Å²) in [5, 5.41) is 55.2. The number of hydrogen-bond donors (Lipinski definition) is 12. The number of rotatable bonds is 17. The van der Waals surface area contributed by atoms with E-state index in [0.717, 1.165) is 29.8 Å². The average Bonchev–Trinajstić information content (AvgIpc) is 3.30. The molecule has 0 spiro atoms. The number of aromatic hydroxyl groups is 1. The molecule has 0 unspecified atom stereocenters. The molecule has 6 atom stereocenters. The lowest BCUT2D eigenvalue weighted by molar-refractivity contribution is -0.143. The Labute approximate surface area is 403 Å². The van der Waals surface area contributed by atoms with Crippen LogP contribution in [0.2, 0.25) is 0 Å².